The first-order valence-corrected chi connectivity index (χ1v) is 15.6. The van der Waals surface area contributed by atoms with Crippen molar-refractivity contribution in [1.82, 2.24) is 14.7 Å². The molecule has 0 atom stereocenters. The highest BCUT2D eigenvalue weighted by atomic mass is 32.2. The van der Waals surface area contributed by atoms with Gasteiger partial charge in [0.1, 0.15) is 22.4 Å². The minimum Gasteiger partial charge on any atom is -0.493 e. The van der Waals surface area contributed by atoms with E-state index in [4.69, 9.17) is 31.5 Å². The Morgan fingerprint density at radius 1 is 0.844 bits per heavy atom. The number of thiocarbonyl (C=S) groups is 1. The first-order valence-electron chi connectivity index (χ1n) is 14.4. The number of nitrogens with zero attached hydrogens (tertiary/aromatic N) is 3. The van der Waals surface area contributed by atoms with Crippen LogP contribution in [0.1, 0.15) is 16.7 Å². The van der Waals surface area contributed by atoms with Crippen molar-refractivity contribution < 1.29 is 19.0 Å². The molecule has 9 heteroatoms. The number of methoxy groups -OCH3 is 2. The first-order chi connectivity index (χ1) is 22.0. The van der Waals surface area contributed by atoms with E-state index >= 15 is 0 Å². The average Bonchev–Trinajstić information content (AvgIpc) is 3.63. The van der Waals surface area contributed by atoms with Crippen LogP contribution in [0, 0.1) is 0 Å². The van der Waals surface area contributed by atoms with Gasteiger partial charge in [0.05, 0.1) is 24.8 Å². The van der Waals surface area contributed by atoms with Crippen LogP contribution in [0.4, 0.5) is 0 Å². The summed E-state index contributed by atoms with van der Waals surface area (Å²) in [6.45, 7) is 0.913. The topological polar surface area (TPSA) is 65.8 Å². The van der Waals surface area contributed by atoms with E-state index in [1.165, 1.54) is 11.8 Å². The van der Waals surface area contributed by atoms with Crippen LogP contribution in [0.25, 0.3) is 23.0 Å². The van der Waals surface area contributed by atoms with Crippen LogP contribution in [0.5, 0.6) is 17.2 Å². The van der Waals surface area contributed by atoms with E-state index in [1.807, 2.05) is 120 Å². The third-order valence-electron chi connectivity index (χ3n) is 7.35. The Morgan fingerprint density at radius 3 is 2.36 bits per heavy atom. The summed E-state index contributed by atoms with van der Waals surface area (Å²) in [5.41, 5.74) is 5.44. The number of carbonyl (C=O) groups excluding carboxylic acids is 1. The largest absolute Gasteiger partial charge is 0.493 e. The van der Waals surface area contributed by atoms with Gasteiger partial charge in [-0.1, -0.05) is 90.7 Å². The zero-order chi connectivity index (χ0) is 31.2. The second kappa shape index (κ2) is 13.8. The van der Waals surface area contributed by atoms with Crippen molar-refractivity contribution in [3.05, 3.63) is 131 Å². The molecule has 7 nitrogen and oxygen atoms in total. The smallest absolute Gasteiger partial charge is 0.266 e. The number of amides is 1. The lowest BCUT2D eigenvalue weighted by molar-refractivity contribution is -0.122. The van der Waals surface area contributed by atoms with Crippen molar-refractivity contribution in [3.63, 3.8) is 0 Å². The third-order valence-corrected chi connectivity index (χ3v) is 8.73. The predicted molar refractivity (Wildman–Crippen MR) is 183 cm³/mol. The Balaban J connectivity index is 1.27. The third kappa shape index (κ3) is 6.95. The van der Waals surface area contributed by atoms with E-state index in [0.717, 1.165) is 39.4 Å². The molecule has 0 saturated carbocycles. The van der Waals surface area contributed by atoms with Crippen molar-refractivity contribution in [2.24, 2.45) is 0 Å². The molecule has 226 valence electrons. The molecule has 0 bridgehead atoms. The van der Waals surface area contributed by atoms with Crippen LogP contribution in [0.3, 0.4) is 0 Å². The molecule has 4 aromatic carbocycles. The summed E-state index contributed by atoms with van der Waals surface area (Å²) in [5.74, 6) is 1.93. The summed E-state index contributed by atoms with van der Waals surface area (Å²) in [4.78, 5) is 15.8. The van der Waals surface area contributed by atoms with Gasteiger partial charge in [0.2, 0.25) is 0 Å². The summed E-state index contributed by atoms with van der Waals surface area (Å²) in [5, 5.41) is 4.95. The zero-order valence-corrected chi connectivity index (χ0v) is 26.5. The standard InChI is InChI=1S/C36H31N3O4S2/c1-41-31-17-16-25(20-32(31)42-2)18-19-38-35(40)33(45-36(38)44)22-28-23-39(29-13-7-4-8-14-29)37-34(28)27-12-9-15-30(21-27)43-24-26-10-5-3-6-11-26/h3-17,20-23H,18-19,24H2,1-2H3/b33-22-. The lowest BCUT2D eigenvalue weighted by Crippen LogP contribution is -2.30. The highest BCUT2D eigenvalue weighted by Crippen LogP contribution is 2.36. The minimum atomic E-state index is -0.121. The highest BCUT2D eigenvalue weighted by Gasteiger charge is 2.32. The quantitative estimate of drug-likeness (QED) is 0.110. The van der Waals surface area contributed by atoms with Gasteiger partial charge in [-0.2, -0.15) is 5.10 Å². The Labute approximate surface area is 272 Å². The average molecular weight is 634 g/mol. The van der Waals surface area contributed by atoms with Crippen LogP contribution in [-0.2, 0) is 17.8 Å². The highest BCUT2D eigenvalue weighted by molar-refractivity contribution is 8.26. The van der Waals surface area contributed by atoms with Gasteiger partial charge in [0, 0.05) is 23.9 Å². The van der Waals surface area contributed by atoms with Crippen LogP contribution < -0.4 is 14.2 Å². The number of para-hydroxylation sites is 1. The molecule has 2 heterocycles. The predicted octanol–water partition coefficient (Wildman–Crippen LogP) is 7.58. The maximum Gasteiger partial charge on any atom is 0.266 e. The van der Waals surface area contributed by atoms with Crippen molar-refractivity contribution in [2.45, 2.75) is 13.0 Å². The van der Waals surface area contributed by atoms with Crippen molar-refractivity contribution in [1.29, 1.82) is 0 Å². The van der Waals surface area contributed by atoms with Gasteiger partial charge in [-0.3, -0.25) is 9.69 Å². The maximum atomic E-state index is 13.6. The van der Waals surface area contributed by atoms with Crippen LogP contribution >= 0.6 is 24.0 Å². The van der Waals surface area contributed by atoms with E-state index < -0.39 is 0 Å². The molecule has 0 spiro atoms. The number of rotatable bonds is 11. The van der Waals surface area contributed by atoms with E-state index in [9.17, 15) is 4.79 Å². The Hall–Kier alpha value is -4.86. The molecule has 1 aliphatic heterocycles. The van der Waals surface area contributed by atoms with E-state index in [2.05, 4.69) is 0 Å². The molecule has 0 N–H and O–H groups in total. The molecule has 45 heavy (non-hydrogen) atoms. The number of carbonyl (C=O) groups is 1. The van der Waals surface area contributed by atoms with Gasteiger partial charge in [0.15, 0.2) is 11.5 Å². The van der Waals surface area contributed by atoms with Gasteiger partial charge >= 0.3 is 0 Å². The Kier molecular flexibility index (Phi) is 9.28. The summed E-state index contributed by atoms with van der Waals surface area (Å²) in [6, 6.07) is 33.6. The molecule has 0 aliphatic carbocycles. The minimum absolute atomic E-state index is 0.121. The monoisotopic (exact) mass is 633 g/mol. The zero-order valence-electron chi connectivity index (χ0n) is 24.9. The number of aromatic nitrogens is 2. The number of hydrogen-bond donors (Lipinski definition) is 0. The van der Waals surface area contributed by atoms with Gasteiger partial charge in [-0.25, -0.2) is 4.68 Å². The molecule has 1 fully saturated rings. The Bertz CT molecular complexity index is 1860. The fourth-order valence-corrected chi connectivity index (χ4v) is 6.31. The number of ether oxygens (including phenoxy) is 3. The maximum absolute atomic E-state index is 13.6. The van der Waals surface area contributed by atoms with Gasteiger partial charge in [-0.15, -0.1) is 0 Å². The first kappa shape index (κ1) is 30.2. The molecule has 0 radical (unpaired) electrons. The second-order valence-corrected chi connectivity index (χ2v) is 12.0. The van der Waals surface area contributed by atoms with Crippen LogP contribution in [0.15, 0.2) is 114 Å². The van der Waals surface area contributed by atoms with E-state index in [-0.39, 0.29) is 5.91 Å². The van der Waals surface area contributed by atoms with Gasteiger partial charge in [-0.05, 0) is 60.0 Å². The van der Waals surface area contributed by atoms with Crippen LogP contribution in [-0.4, -0.2) is 45.7 Å². The molecule has 1 saturated heterocycles. The molecular weight excluding hydrogens is 603 g/mol. The van der Waals surface area contributed by atoms with Crippen molar-refractivity contribution in [3.8, 4) is 34.2 Å². The molecule has 1 amide bonds. The molecule has 0 unspecified atom stereocenters. The fourth-order valence-electron chi connectivity index (χ4n) is 5.02. The summed E-state index contributed by atoms with van der Waals surface area (Å²) in [7, 11) is 3.21. The normalized spacial score (nSPS) is 13.8. The molecule has 1 aliphatic rings. The van der Waals surface area contributed by atoms with Gasteiger partial charge in [0.25, 0.3) is 5.91 Å². The van der Waals surface area contributed by atoms with Crippen molar-refractivity contribution in [2.75, 3.05) is 20.8 Å². The molecule has 6 rings (SSSR count). The van der Waals surface area contributed by atoms with Crippen LogP contribution in [0.2, 0.25) is 0 Å². The molecular formula is C36H31N3O4S2. The number of hydrogen-bond acceptors (Lipinski definition) is 7. The SMILES string of the molecule is COc1ccc(CCN2C(=O)/C(=C/c3cn(-c4ccccc4)nc3-c3cccc(OCc4ccccc4)c3)SC2=S)cc1OC. The number of thioether (sulfide) groups is 1. The van der Waals surface area contributed by atoms with Gasteiger partial charge < -0.3 is 14.2 Å². The Morgan fingerprint density at radius 2 is 1.60 bits per heavy atom. The lowest BCUT2D eigenvalue weighted by atomic mass is 10.1. The van der Waals surface area contributed by atoms with E-state index in [1.54, 1.807) is 19.1 Å². The van der Waals surface area contributed by atoms with Crippen molar-refractivity contribution >= 4 is 40.3 Å². The molecule has 5 aromatic rings. The fraction of sp³-hybridized carbons (Fsp3) is 0.139. The molecule has 1 aromatic heterocycles. The number of benzene rings is 4. The summed E-state index contributed by atoms with van der Waals surface area (Å²) >= 11 is 6.96. The lowest BCUT2D eigenvalue weighted by Gasteiger charge is -2.15. The van der Waals surface area contributed by atoms with E-state index in [0.29, 0.717) is 40.3 Å². The summed E-state index contributed by atoms with van der Waals surface area (Å²) < 4.78 is 19.2. The second-order valence-electron chi connectivity index (χ2n) is 10.3. The summed E-state index contributed by atoms with van der Waals surface area (Å²) in [6.07, 6.45) is 4.44.